The van der Waals surface area contributed by atoms with E-state index in [9.17, 15) is 9.59 Å². The largest absolute Gasteiger partial charge is 0.497 e. The van der Waals surface area contributed by atoms with E-state index in [1.165, 1.54) is 25.6 Å². The number of morpholine rings is 1. The van der Waals surface area contributed by atoms with E-state index in [1.807, 2.05) is 0 Å². The molecule has 3 rings (SSSR count). The van der Waals surface area contributed by atoms with E-state index in [-0.39, 0.29) is 11.8 Å². The van der Waals surface area contributed by atoms with Crippen LogP contribution >= 0.6 is 11.3 Å². The van der Waals surface area contributed by atoms with Gasteiger partial charge in [0, 0.05) is 30.1 Å². The number of hydrogen-bond donors (Lipinski definition) is 1. The van der Waals surface area contributed by atoms with Crippen molar-refractivity contribution in [2.24, 2.45) is 0 Å². The maximum atomic E-state index is 12.5. The fourth-order valence-corrected chi connectivity index (χ4v) is 3.15. The number of carbonyl (C=O) groups is 2. The highest BCUT2D eigenvalue weighted by atomic mass is 32.1. The first-order valence-electron chi connectivity index (χ1n) is 7.97. The van der Waals surface area contributed by atoms with Crippen LogP contribution in [-0.4, -0.2) is 62.2 Å². The Morgan fingerprint density at radius 3 is 2.42 bits per heavy atom. The lowest BCUT2D eigenvalue weighted by molar-refractivity contribution is 0.0299. The van der Waals surface area contributed by atoms with Gasteiger partial charge in [-0.25, -0.2) is 4.98 Å². The summed E-state index contributed by atoms with van der Waals surface area (Å²) in [6, 6.07) is 4.88. The van der Waals surface area contributed by atoms with Crippen molar-refractivity contribution in [3.8, 4) is 11.5 Å². The number of rotatable bonds is 5. The molecule has 1 aromatic carbocycles. The molecule has 8 nitrogen and oxygen atoms in total. The monoisotopic (exact) mass is 377 g/mol. The average molecular weight is 377 g/mol. The van der Waals surface area contributed by atoms with Crippen LogP contribution in [0.3, 0.4) is 0 Å². The minimum Gasteiger partial charge on any atom is -0.497 e. The van der Waals surface area contributed by atoms with E-state index in [0.29, 0.717) is 54.2 Å². The number of nitrogens with zero attached hydrogens (tertiary/aromatic N) is 2. The molecule has 1 aliphatic heterocycles. The molecular formula is C17H19N3O5S. The van der Waals surface area contributed by atoms with Gasteiger partial charge in [0.25, 0.3) is 11.8 Å². The number of aromatic nitrogens is 1. The van der Waals surface area contributed by atoms with Gasteiger partial charge in [0.1, 0.15) is 17.2 Å². The predicted molar refractivity (Wildman–Crippen MR) is 96.3 cm³/mol. The molecule has 138 valence electrons. The molecule has 1 aromatic heterocycles. The third kappa shape index (κ3) is 4.12. The number of ether oxygens (including phenoxy) is 3. The van der Waals surface area contributed by atoms with Crippen LogP contribution in [0.5, 0.6) is 11.5 Å². The van der Waals surface area contributed by atoms with E-state index in [2.05, 4.69) is 10.3 Å². The Balaban J connectivity index is 1.70. The Morgan fingerprint density at radius 1 is 1.15 bits per heavy atom. The summed E-state index contributed by atoms with van der Waals surface area (Å²) in [5, 5.41) is 4.69. The second-order valence-electron chi connectivity index (χ2n) is 5.50. The lowest BCUT2D eigenvalue weighted by Gasteiger charge is -2.25. The standard InChI is InChI=1S/C17H19N3O5S/c1-23-12-7-11(8-13(9-12)24-2)15(21)19-17-18-14(10-26-17)16(22)20-3-5-25-6-4-20/h7-10H,3-6H2,1-2H3,(H,18,19,21). The van der Waals surface area contributed by atoms with Gasteiger partial charge in [0.05, 0.1) is 27.4 Å². The number of methoxy groups -OCH3 is 2. The van der Waals surface area contributed by atoms with E-state index < -0.39 is 0 Å². The summed E-state index contributed by atoms with van der Waals surface area (Å²) < 4.78 is 15.6. The van der Waals surface area contributed by atoms with Gasteiger partial charge in [-0.15, -0.1) is 11.3 Å². The van der Waals surface area contributed by atoms with E-state index in [1.54, 1.807) is 28.5 Å². The van der Waals surface area contributed by atoms with Gasteiger partial charge >= 0.3 is 0 Å². The molecule has 0 aliphatic carbocycles. The molecule has 9 heteroatoms. The van der Waals surface area contributed by atoms with E-state index in [4.69, 9.17) is 14.2 Å². The highest BCUT2D eigenvalue weighted by Gasteiger charge is 2.21. The summed E-state index contributed by atoms with van der Waals surface area (Å²) in [5.41, 5.74) is 0.688. The Labute approximate surface area is 154 Å². The van der Waals surface area contributed by atoms with Crippen LogP contribution < -0.4 is 14.8 Å². The summed E-state index contributed by atoms with van der Waals surface area (Å²) in [6.07, 6.45) is 0. The van der Waals surface area contributed by atoms with Crippen molar-refractivity contribution >= 4 is 28.3 Å². The number of nitrogens with one attached hydrogen (secondary N) is 1. The van der Waals surface area contributed by atoms with Crippen LogP contribution in [-0.2, 0) is 4.74 Å². The predicted octanol–water partition coefficient (Wildman–Crippen LogP) is 1.88. The number of carbonyl (C=O) groups excluding carboxylic acids is 2. The van der Waals surface area contributed by atoms with Gasteiger partial charge in [0.2, 0.25) is 0 Å². The number of benzene rings is 1. The zero-order chi connectivity index (χ0) is 18.5. The van der Waals surface area contributed by atoms with Crippen molar-refractivity contribution in [3.63, 3.8) is 0 Å². The molecule has 0 radical (unpaired) electrons. The van der Waals surface area contributed by atoms with Crippen molar-refractivity contribution in [3.05, 3.63) is 34.8 Å². The van der Waals surface area contributed by atoms with E-state index >= 15 is 0 Å². The van der Waals surface area contributed by atoms with Crippen LogP contribution in [0, 0.1) is 0 Å². The molecule has 0 atom stereocenters. The first-order valence-corrected chi connectivity index (χ1v) is 8.85. The Morgan fingerprint density at radius 2 is 1.81 bits per heavy atom. The van der Waals surface area contributed by atoms with Gasteiger partial charge in [-0.05, 0) is 12.1 Å². The van der Waals surface area contributed by atoms with Gasteiger partial charge in [-0.2, -0.15) is 0 Å². The second-order valence-corrected chi connectivity index (χ2v) is 6.36. The molecule has 1 N–H and O–H groups in total. The van der Waals surface area contributed by atoms with Crippen LogP contribution in [0.25, 0.3) is 0 Å². The van der Waals surface area contributed by atoms with Crippen LogP contribution in [0.1, 0.15) is 20.8 Å². The first-order chi connectivity index (χ1) is 12.6. The summed E-state index contributed by atoms with van der Waals surface area (Å²) in [4.78, 5) is 30.8. The van der Waals surface area contributed by atoms with Crippen LogP contribution in [0.15, 0.2) is 23.6 Å². The molecule has 1 aliphatic rings. The summed E-state index contributed by atoms with van der Waals surface area (Å²) in [5.74, 6) is 0.503. The molecule has 26 heavy (non-hydrogen) atoms. The Bertz CT molecular complexity index is 779. The Hall–Kier alpha value is -2.65. The highest BCUT2D eigenvalue weighted by molar-refractivity contribution is 7.14. The highest BCUT2D eigenvalue weighted by Crippen LogP contribution is 2.24. The van der Waals surface area contributed by atoms with Crippen LogP contribution in [0.4, 0.5) is 5.13 Å². The molecule has 0 unspecified atom stereocenters. The fourth-order valence-electron chi connectivity index (χ4n) is 2.47. The number of amides is 2. The van der Waals surface area contributed by atoms with Gasteiger partial charge in [0.15, 0.2) is 5.13 Å². The molecule has 2 heterocycles. The van der Waals surface area contributed by atoms with Crippen molar-refractivity contribution < 1.29 is 23.8 Å². The minimum atomic E-state index is -0.359. The SMILES string of the molecule is COc1cc(OC)cc(C(=O)Nc2nc(C(=O)N3CCOCC3)cs2)c1. The van der Waals surface area contributed by atoms with Crippen molar-refractivity contribution in [1.82, 2.24) is 9.88 Å². The Kier molecular flexibility index (Phi) is 5.69. The normalized spacial score (nSPS) is 14.0. The van der Waals surface area contributed by atoms with E-state index in [0.717, 1.165) is 0 Å². The summed E-state index contributed by atoms with van der Waals surface area (Å²) in [6.45, 7) is 2.14. The average Bonchev–Trinajstić information content (AvgIpc) is 3.15. The van der Waals surface area contributed by atoms with Gasteiger partial charge < -0.3 is 19.1 Å². The maximum Gasteiger partial charge on any atom is 0.273 e. The lowest BCUT2D eigenvalue weighted by Crippen LogP contribution is -2.40. The number of hydrogen-bond acceptors (Lipinski definition) is 7. The molecule has 1 saturated heterocycles. The smallest absolute Gasteiger partial charge is 0.273 e. The molecule has 1 fully saturated rings. The third-order valence-electron chi connectivity index (χ3n) is 3.86. The topological polar surface area (TPSA) is 90.0 Å². The molecule has 0 spiro atoms. The van der Waals surface area contributed by atoms with Crippen molar-refractivity contribution in [2.75, 3.05) is 45.8 Å². The fraction of sp³-hybridized carbons (Fsp3) is 0.353. The van der Waals surface area contributed by atoms with Crippen molar-refractivity contribution in [1.29, 1.82) is 0 Å². The molecular weight excluding hydrogens is 358 g/mol. The molecule has 2 amide bonds. The zero-order valence-electron chi connectivity index (χ0n) is 14.5. The van der Waals surface area contributed by atoms with Gasteiger partial charge in [-0.1, -0.05) is 0 Å². The lowest BCUT2D eigenvalue weighted by atomic mass is 10.2. The maximum absolute atomic E-state index is 12.5. The van der Waals surface area contributed by atoms with Crippen LogP contribution in [0.2, 0.25) is 0 Å². The minimum absolute atomic E-state index is 0.159. The summed E-state index contributed by atoms with van der Waals surface area (Å²) in [7, 11) is 3.03. The second kappa shape index (κ2) is 8.15. The first kappa shape index (κ1) is 18.2. The van der Waals surface area contributed by atoms with Crippen molar-refractivity contribution in [2.45, 2.75) is 0 Å². The summed E-state index contributed by atoms with van der Waals surface area (Å²) >= 11 is 1.20. The zero-order valence-corrected chi connectivity index (χ0v) is 15.3. The molecule has 0 saturated carbocycles. The number of anilines is 1. The third-order valence-corrected chi connectivity index (χ3v) is 4.61. The molecule has 2 aromatic rings. The quantitative estimate of drug-likeness (QED) is 0.856. The van der Waals surface area contributed by atoms with Gasteiger partial charge in [-0.3, -0.25) is 14.9 Å². The molecule has 0 bridgehead atoms. The number of thiazole rings is 1.